The number of carbonyl (C=O) groups excluding carboxylic acids is 3. The molecule has 0 bridgehead atoms. The molecule has 6 nitrogen and oxygen atoms in total. The largest absolute Gasteiger partial charge is 0.462 e. The highest BCUT2D eigenvalue weighted by Gasteiger charge is 2.19. The predicted octanol–water partition coefficient (Wildman–Crippen LogP) is 17.4. The van der Waals surface area contributed by atoms with E-state index in [9.17, 15) is 14.4 Å². The Kier molecular flexibility index (Phi) is 49.0. The van der Waals surface area contributed by atoms with E-state index in [4.69, 9.17) is 14.2 Å². The van der Waals surface area contributed by atoms with Crippen molar-refractivity contribution in [3.05, 3.63) is 97.2 Å². The van der Waals surface area contributed by atoms with Crippen LogP contribution < -0.4 is 0 Å². The Morgan fingerprint density at radius 3 is 1.00 bits per heavy atom. The molecule has 0 aromatic carbocycles. The number of allylic oxidation sites excluding steroid dienone is 16. The Morgan fingerprint density at radius 1 is 0.328 bits per heavy atom. The molecular weight excluding hydrogens is 793 g/mol. The van der Waals surface area contributed by atoms with Crippen LogP contribution in [-0.2, 0) is 28.6 Å². The van der Waals surface area contributed by atoms with E-state index < -0.39 is 6.10 Å². The zero-order valence-corrected chi connectivity index (χ0v) is 41.5. The normalized spacial score (nSPS) is 12.9. The first-order valence-electron chi connectivity index (χ1n) is 26.2. The van der Waals surface area contributed by atoms with Crippen molar-refractivity contribution in [2.75, 3.05) is 13.2 Å². The minimum absolute atomic E-state index is 0.0872. The van der Waals surface area contributed by atoms with Gasteiger partial charge < -0.3 is 14.2 Å². The zero-order valence-electron chi connectivity index (χ0n) is 41.5. The van der Waals surface area contributed by atoms with E-state index in [2.05, 4.69) is 118 Å². The fourth-order valence-electron chi connectivity index (χ4n) is 6.89. The van der Waals surface area contributed by atoms with Crippen molar-refractivity contribution in [1.29, 1.82) is 0 Å². The number of unbranched alkanes of at least 4 members (excludes halogenated alkanes) is 19. The van der Waals surface area contributed by atoms with Gasteiger partial charge in [0.05, 0.1) is 0 Å². The summed E-state index contributed by atoms with van der Waals surface area (Å²) in [5, 5.41) is 0. The minimum Gasteiger partial charge on any atom is -0.462 e. The highest BCUT2D eigenvalue weighted by atomic mass is 16.6. The van der Waals surface area contributed by atoms with Crippen LogP contribution in [0.3, 0.4) is 0 Å². The number of ether oxygens (including phenoxy) is 3. The number of rotatable bonds is 46. The fraction of sp³-hybridized carbons (Fsp3) is 0.672. The maximum atomic E-state index is 12.7. The van der Waals surface area contributed by atoms with Gasteiger partial charge >= 0.3 is 17.9 Å². The van der Waals surface area contributed by atoms with Gasteiger partial charge in [-0.1, -0.05) is 208 Å². The van der Waals surface area contributed by atoms with Crippen LogP contribution in [0, 0.1) is 0 Å². The smallest absolute Gasteiger partial charge is 0.306 e. The average Bonchev–Trinajstić information content (AvgIpc) is 3.29. The molecule has 0 aromatic heterocycles. The van der Waals surface area contributed by atoms with Gasteiger partial charge in [-0.15, -0.1) is 0 Å². The Hall–Kier alpha value is -3.67. The number of hydrogen-bond donors (Lipinski definition) is 0. The van der Waals surface area contributed by atoms with Crippen molar-refractivity contribution in [2.24, 2.45) is 0 Å². The van der Waals surface area contributed by atoms with E-state index >= 15 is 0 Å². The van der Waals surface area contributed by atoms with Crippen molar-refractivity contribution in [2.45, 2.75) is 239 Å². The molecule has 0 amide bonds. The second-order valence-electron chi connectivity index (χ2n) is 17.1. The first-order valence-corrected chi connectivity index (χ1v) is 26.2. The first kappa shape index (κ1) is 60.3. The Bertz CT molecular complexity index is 1300. The van der Waals surface area contributed by atoms with Crippen LogP contribution >= 0.6 is 0 Å². The number of carbonyl (C=O) groups is 3. The summed E-state index contributed by atoms with van der Waals surface area (Å²) in [5.41, 5.74) is 0. The van der Waals surface area contributed by atoms with E-state index in [1.165, 1.54) is 57.8 Å². The molecule has 0 spiro atoms. The van der Waals surface area contributed by atoms with Crippen LogP contribution in [0.4, 0.5) is 0 Å². The highest BCUT2D eigenvalue weighted by Crippen LogP contribution is 2.13. The molecule has 0 aromatic rings. The fourth-order valence-corrected chi connectivity index (χ4v) is 6.89. The van der Waals surface area contributed by atoms with Gasteiger partial charge in [0.2, 0.25) is 0 Å². The molecule has 0 radical (unpaired) electrons. The van der Waals surface area contributed by atoms with Crippen molar-refractivity contribution in [3.63, 3.8) is 0 Å². The van der Waals surface area contributed by atoms with Gasteiger partial charge in [0.25, 0.3) is 0 Å². The molecule has 1 unspecified atom stereocenters. The molecule has 0 fully saturated rings. The van der Waals surface area contributed by atoms with Crippen LogP contribution in [-0.4, -0.2) is 37.2 Å². The summed E-state index contributed by atoms with van der Waals surface area (Å²) < 4.78 is 16.7. The quantitative estimate of drug-likeness (QED) is 0.0262. The van der Waals surface area contributed by atoms with E-state index in [1.807, 2.05) is 0 Å². The Labute approximate surface area is 394 Å². The molecular formula is C58H96O6. The van der Waals surface area contributed by atoms with Crippen molar-refractivity contribution < 1.29 is 28.6 Å². The molecule has 0 heterocycles. The molecule has 6 heteroatoms. The topological polar surface area (TPSA) is 78.9 Å². The monoisotopic (exact) mass is 889 g/mol. The minimum atomic E-state index is -0.786. The van der Waals surface area contributed by atoms with Crippen molar-refractivity contribution >= 4 is 17.9 Å². The molecule has 1 atom stereocenters. The third-order valence-corrected chi connectivity index (χ3v) is 10.8. The number of esters is 3. The van der Waals surface area contributed by atoms with Crippen LogP contribution in [0.1, 0.15) is 233 Å². The summed E-state index contributed by atoms with van der Waals surface area (Å²) in [6.45, 7) is 6.42. The van der Waals surface area contributed by atoms with Gasteiger partial charge in [-0.25, -0.2) is 0 Å². The Morgan fingerprint density at radius 2 is 0.609 bits per heavy atom. The Balaban J connectivity index is 4.23. The SMILES string of the molecule is CC/C=C\C/C=C\C/C=C\C/C=C\C/C=C\C/C=C\C/C=C\CCCCCCCC(=O)OCC(COC(=O)CCCCCCCCC)OC(=O)CCCCCCC/C=C\CCCCC. The summed E-state index contributed by atoms with van der Waals surface area (Å²) >= 11 is 0. The third kappa shape index (κ3) is 49.3. The molecule has 0 saturated heterocycles. The lowest BCUT2D eigenvalue weighted by molar-refractivity contribution is -0.167. The summed E-state index contributed by atoms with van der Waals surface area (Å²) in [7, 11) is 0. The lowest BCUT2D eigenvalue weighted by atomic mass is 10.1. The van der Waals surface area contributed by atoms with Crippen molar-refractivity contribution in [1.82, 2.24) is 0 Å². The number of hydrogen-bond acceptors (Lipinski definition) is 6. The van der Waals surface area contributed by atoms with Crippen LogP contribution in [0.25, 0.3) is 0 Å². The molecule has 0 aliphatic rings. The molecule has 364 valence electrons. The average molecular weight is 889 g/mol. The van der Waals surface area contributed by atoms with Gasteiger partial charge in [0.1, 0.15) is 13.2 Å². The highest BCUT2D eigenvalue weighted by molar-refractivity contribution is 5.71. The van der Waals surface area contributed by atoms with Crippen LogP contribution in [0.2, 0.25) is 0 Å². The first-order chi connectivity index (χ1) is 31.5. The zero-order chi connectivity index (χ0) is 46.5. The van der Waals surface area contributed by atoms with Gasteiger partial charge in [-0.05, 0) is 103 Å². The second kappa shape index (κ2) is 52.0. The van der Waals surface area contributed by atoms with Gasteiger partial charge in [0.15, 0.2) is 6.10 Å². The van der Waals surface area contributed by atoms with Crippen molar-refractivity contribution in [3.8, 4) is 0 Å². The third-order valence-electron chi connectivity index (χ3n) is 10.8. The second-order valence-corrected chi connectivity index (χ2v) is 17.1. The molecule has 64 heavy (non-hydrogen) atoms. The molecule has 0 saturated carbocycles. The van der Waals surface area contributed by atoms with Gasteiger partial charge in [-0.2, -0.15) is 0 Å². The van der Waals surface area contributed by atoms with Crippen LogP contribution in [0.5, 0.6) is 0 Å². The molecule has 0 aliphatic heterocycles. The van der Waals surface area contributed by atoms with Crippen LogP contribution in [0.15, 0.2) is 97.2 Å². The van der Waals surface area contributed by atoms with E-state index in [-0.39, 0.29) is 31.1 Å². The van der Waals surface area contributed by atoms with Gasteiger partial charge in [-0.3, -0.25) is 14.4 Å². The maximum absolute atomic E-state index is 12.7. The standard InChI is InChI=1S/C58H96O6/c1-4-7-10-13-16-18-20-22-23-24-25-26-27-28-29-30-31-32-33-34-35-36-38-39-42-45-48-51-57(60)63-54-55(53-62-56(59)50-47-44-41-15-12-9-6-3)64-58(61)52-49-46-43-40-37-21-19-17-14-11-8-5-2/h7,10,16-19,22-23,25-26,28-29,31-32,34-35,55H,4-6,8-9,11-15,20-21,24,27,30,33,36-54H2,1-3H3/b10-7-,18-16-,19-17-,23-22-,26-25-,29-28-,32-31-,35-34-. The summed E-state index contributed by atoms with van der Waals surface area (Å²) in [5.74, 6) is -0.927. The summed E-state index contributed by atoms with van der Waals surface area (Å²) in [6.07, 6.45) is 68.4. The summed E-state index contributed by atoms with van der Waals surface area (Å²) in [4.78, 5) is 37.8. The maximum Gasteiger partial charge on any atom is 0.306 e. The molecule has 0 N–H and O–H groups in total. The van der Waals surface area contributed by atoms with E-state index in [0.717, 1.165) is 135 Å². The summed E-state index contributed by atoms with van der Waals surface area (Å²) in [6, 6.07) is 0. The molecule has 0 aliphatic carbocycles. The predicted molar refractivity (Wildman–Crippen MR) is 274 cm³/mol. The lowest BCUT2D eigenvalue weighted by Crippen LogP contribution is -2.30. The molecule has 0 rings (SSSR count). The van der Waals surface area contributed by atoms with E-state index in [0.29, 0.717) is 19.3 Å². The lowest BCUT2D eigenvalue weighted by Gasteiger charge is -2.18. The van der Waals surface area contributed by atoms with E-state index in [1.54, 1.807) is 0 Å². The van der Waals surface area contributed by atoms with Gasteiger partial charge in [0, 0.05) is 19.3 Å².